The molecule has 3 saturated carbocycles. The average molecular weight is 297 g/mol. The van der Waals surface area contributed by atoms with Crippen LogP contribution in [0.2, 0.25) is 0 Å². The molecular weight excluding hydrogens is 278 g/mol. The minimum Gasteiger partial charge on any atom is -0.303 e. The molecule has 6 rings (SSSR count). The highest BCUT2D eigenvalue weighted by atomic mass is 32.1. The second kappa shape index (κ2) is 4.31. The van der Waals surface area contributed by atoms with Gasteiger partial charge in [0, 0.05) is 21.0 Å². The van der Waals surface area contributed by atoms with Gasteiger partial charge in [-0.2, -0.15) is 0 Å². The molecule has 4 aliphatic rings. The minimum absolute atomic E-state index is 0.0282. The number of hydrogen-bond acceptors (Lipinski definition) is 4. The molecule has 0 unspecified atom stereocenters. The fourth-order valence-corrected chi connectivity index (χ4v) is 5.40. The quantitative estimate of drug-likeness (QED) is 0.842. The van der Waals surface area contributed by atoms with E-state index in [1.807, 2.05) is 0 Å². The molecular formula is C17H19N3S. The summed E-state index contributed by atoms with van der Waals surface area (Å²) in [6.07, 6.45) is 6.68. The van der Waals surface area contributed by atoms with Gasteiger partial charge in [-0.05, 0) is 50.0 Å². The molecule has 0 radical (unpaired) electrons. The number of amidine groups is 1. The molecule has 21 heavy (non-hydrogen) atoms. The van der Waals surface area contributed by atoms with E-state index in [0.717, 1.165) is 11.8 Å². The molecule has 2 heterocycles. The van der Waals surface area contributed by atoms with Crippen molar-refractivity contribution >= 4 is 27.3 Å². The highest BCUT2D eigenvalue weighted by Crippen LogP contribution is 2.49. The van der Waals surface area contributed by atoms with Crippen LogP contribution in [-0.4, -0.2) is 11.5 Å². The molecule has 1 aromatic heterocycles. The molecule has 3 fully saturated rings. The SMILES string of the molecule is c1ccc2c(C3=N[C@]4(CC5CCC4CC5)NN3)csc2c1. The molecule has 1 atom stereocenters. The number of aliphatic imine (C=N–C) groups is 1. The third kappa shape index (κ3) is 1.72. The smallest absolute Gasteiger partial charge is 0.146 e. The maximum absolute atomic E-state index is 5.16. The monoisotopic (exact) mass is 297 g/mol. The largest absolute Gasteiger partial charge is 0.303 e. The van der Waals surface area contributed by atoms with Gasteiger partial charge in [-0.25, -0.2) is 10.4 Å². The van der Waals surface area contributed by atoms with Crippen LogP contribution in [0, 0.1) is 11.8 Å². The summed E-state index contributed by atoms with van der Waals surface area (Å²) >= 11 is 1.80. The first-order valence-corrected chi connectivity index (χ1v) is 8.82. The summed E-state index contributed by atoms with van der Waals surface area (Å²) in [6, 6.07) is 8.60. The Bertz CT molecular complexity index is 726. The van der Waals surface area contributed by atoms with Crippen LogP contribution in [0.15, 0.2) is 34.6 Å². The molecule has 1 aromatic carbocycles. The van der Waals surface area contributed by atoms with Crippen LogP contribution in [0.25, 0.3) is 10.1 Å². The number of hydrazine groups is 1. The van der Waals surface area contributed by atoms with Gasteiger partial charge in [-0.1, -0.05) is 18.2 Å². The number of hydrogen-bond donors (Lipinski definition) is 2. The molecule has 1 aliphatic heterocycles. The molecule has 0 saturated heterocycles. The van der Waals surface area contributed by atoms with Gasteiger partial charge in [0.25, 0.3) is 0 Å². The van der Waals surface area contributed by atoms with Crippen molar-refractivity contribution < 1.29 is 0 Å². The molecule has 1 spiro atoms. The Balaban J connectivity index is 1.57. The lowest BCUT2D eigenvalue weighted by Crippen LogP contribution is -2.56. The first-order valence-electron chi connectivity index (χ1n) is 7.94. The Morgan fingerprint density at radius 3 is 2.81 bits per heavy atom. The lowest BCUT2D eigenvalue weighted by Gasteiger charge is -2.47. The van der Waals surface area contributed by atoms with Crippen LogP contribution < -0.4 is 10.9 Å². The van der Waals surface area contributed by atoms with Crippen molar-refractivity contribution in [2.24, 2.45) is 16.8 Å². The first kappa shape index (κ1) is 12.2. The van der Waals surface area contributed by atoms with E-state index in [9.17, 15) is 0 Å². The Morgan fingerprint density at radius 2 is 2.00 bits per heavy atom. The third-order valence-electron chi connectivity index (χ3n) is 5.57. The zero-order valence-corrected chi connectivity index (χ0v) is 12.7. The first-order chi connectivity index (χ1) is 10.3. The van der Waals surface area contributed by atoms with Crippen LogP contribution in [0.5, 0.6) is 0 Å². The number of thiophene rings is 1. The predicted molar refractivity (Wildman–Crippen MR) is 87.4 cm³/mol. The van der Waals surface area contributed by atoms with E-state index in [4.69, 9.17) is 4.99 Å². The lowest BCUT2D eigenvalue weighted by molar-refractivity contribution is 0.0506. The summed E-state index contributed by atoms with van der Waals surface area (Å²) in [5, 5.41) is 3.55. The number of rotatable bonds is 1. The van der Waals surface area contributed by atoms with E-state index in [1.54, 1.807) is 11.3 Å². The van der Waals surface area contributed by atoms with Crippen molar-refractivity contribution in [3.8, 4) is 0 Å². The maximum Gasteiger partial charge on any atom is 0.146 e. The zero-order valence-electron chi connectivity index (χ0n) is 11.9. The summed E-state index contributed by atoms with van der Waals surface area (Å²) in [5.41, 5.74) is 8.18. The minimum atomic E-state index is -0.0282. The maximum atomic E-state index is 5.16. The van der Waals surface area contributed by atoms with Crippen LogP contribution in [0.1, 0.15) is 37.7 Å². The molecule has 2 bridgehead atoms. The van der Waals surface area contributed by atoms with Crippen LogP contribution in [-0.2, 0) is 0 Å². The Hall–Kier alpha value is -1.39. The number of nitrogens with zero attached hydrogens (tertiary/aromatic N) is 1. The van der Waals surface area contributed by atoms with Crippen LogP contribution >= 0.6 is 11.3 Å². The van der Waals surface area contributed by atoms with Gasteiger partial charge in [0.2, 0.25) is 0 Å². The second-order valence-electron chi connectivity index (χ2n) is 6.70. The van der Waals surface area contributed by atoms with Crippen molar-refractivity contribution in [1.29, 1.82) is 0 Å². The highest BCUT2D eigenvalue weighted by Gasteiger charge is 2.50. The normalized spacial score (nSPS) is 34.4. The fourth-order valence-electron chi connectivity index (χ4n) is 4.45. The summed E-state index contributed by atoms with van der Waals surface area (Å²) in [7, 11) is 0. The van der Waals surface area contributed by atoms with E-state index in [1.165, 1.54) is 47.8 Å². The van der Waals surface area contributed by atoms with Gasteiger partial charge >= 0.3 is 0 Å². The summed E-state index contributed by atoms with van der Waals surface area (Å²) in [5.74, 6) is 2.61. The van der Waals surface area contributed by atoms with Crippen molar-refractivity contribution in [3.63, 3.8) is 0 Å². The second-order valence-corrected chi connectivity index (χ2v) is 7.61. The molecule has 2 N–H and O–H groups in total. The molecule has 3 aliphatic carbocycles. The van der Waals surface area contributed by atoms with Gasteiger partial charge in [0.15, 0.2) is 0 Å². The van der Waals surface area contributed by atoms with Crippen LogP contribution in [0.4, 0.5) is 0 Å². The van der Waals surface area contributed by atoms with E-state index in [-0.39, 0.29) is 5.66 Å². The van der Waals surface area contributed by atoms with Gasteiger partial charge in [-0.3, -0.25) is 0 Å². The molecule has 0 amide bonds. The van der Waals surface area contributed by atoms with Gasteiger partial charge < -0.3 is 5.43 Å². The predicted octanol–water partition coefficient (Wildman–Crippen LogP) is 3.66. The topological polar surface area (TPSA) is 36.4 Å². The summed E-state index contributed by atoms with van der Waals surface area (Å²) < 4.78 is 1.34. The highest BCUT2D eigenvalue weighted by molar-refractivity contribution is 7.17. The number of fused-ring (bicyclic) bond motifs is 3. The number of benzene rings is 1. The van der Waals surface area contributed by atoms with Gasteiger partial charge in [0.05, 0.1) is 0 Å². The van der Waals surface area contributed by atoms with Crippen molar-refractivity contribution in [2.45, 2.75) is 37.8 Å². The van der Waals surface area contributed by atoms with Crippen molar-refractivity contribution in [3.05, 3.63) is 35.2 Å². The Kier molecular flexibility index (Phi) is 2.50. The number of nitrogens with one attached hydrogen (secondary N) is 2. The Morgan fingerprint density at radius 1 is 1.14 bits per heavy atom. The summed E-state index contributed by atoms with van der Waals surface area (Å²) in [6.45, 7) is 0. The van der Waals surface area contributed by atoms with E-state index in [2.05, 4.69) is 40.5 Å². The third-order valence-corrected chi connectivity index (χ3v) is 6.53. The zero-order chi connectivity index (χ0) is 13.9. The Labute approximate surface area is 128 Å². The molecule has 3 nitrogen and oxygen atoms in total. The standard InChI is InChI=1S/C17H19N3S/c1-2-4-15-13(3-1)14(10-21-15)16-18-17(20-19-16)9-11-5-7-12(17)8-6-11/h1-4,10-12,20H,5-9H2,(H,18,19)/t11?,12?,17-/m1/s1. The average Bonchev–Trinajstić information content (AvgIpc) is 3.13. The molecule has 2 aromatic rings. The molecule has 108 valence electrons. The van der Waals surface area contributed by atoms with E-state index >= 15 is 0 Å². The van der Waals surface area contributed by atoms with Crippen LogP contribution in [0.3, 0.4) is 0 Å². The summed E-state index contributed by atoms with van der Waals surface area (Å²) in [4.78, 5) is 5.16. The molecule has 4 heteroatoms. The van der Waals surface area contributed by atoms with Gasteiger partial charge in [-0.15, -0.1) is 11.3 Å². The van der Waals surface area contributed by atoms with Gasteiger partial charge in [0.1, 0.15) is 11.5 Å². The lowest BCUT2D eigenvalue weighted by atomic mass is 9.65. The fraction of sp³-hybridized carbons (Fsp3) is 0.471. The van der Waals surface area contributed by atoms with E-state index in [0.29, 0.717) is 5.92 Å². The van der Waals surface area contributed by atoms with E-state index < -0.39 is 0 Å². The van der Waals surface area contributed by atoms with Crippen molar-refractivity contribution in [2.75, 3.05) is 0 Å². The van der Waals surface area contributed by atoms with Crippen molar-refractivity contribution in [1.82, 2.24) is 10.9 Å².